The molecule has 0 spiro atoms. The van der Waals surface area contributed by atoms with Gasteiger partial charge < -0.3 is 103 Å². The van der Waals surface area contributed by atoms with Gasteiger partial charge in [-0.25, -0.2) is 19.2 Å². The van der Waals surface area contributed by atoms with Gasteiger partial charge in [0, 0.05) is 116 Å². The molecule has 0 bridgehead atoms. The summed E-state index contributed by atoms with van der Waals surface area (Å²) in [5.41, 5.74) is 26.1. The van der Waals surface area contributed by atoms with Gasteiger partial charge in [0.15, 0.2) is 23.1 Å². The van der Waals surface area contributed by atoms with Crippen LogP contribution in [0.4, 0.5) is 0 Å². The molecule has 0 aliphatic rings. The van der Waals surface area contributed by atoms with E-state index in [1.165, 1.54) is 7.11 Å². The molecule has 480 valence electrons. The van der Waals surface area contributed by atoms with Crippen molar-refractivity contribution < 1.29 is 116 Å². The molecule has 17 N–H and O–H groups in total. The highest BCUT2D eigenvalue weighted by Crippen LogP contribution is 2.03. The van der Waals surface area contributed by atoms with E-state index in [-0.39, 0.29) is 137 Å². The maximum Gasteiger partial charge on any atom is 0.331 e. The third kappa shape index (κ3) is 47.6. The minimum Gasteiger partial charge on any atom is -0.468 e. The van der Waals surface area contributed by atoms with Crippen LogP contribution in [0.2, 0.25) is 0 Å². The number of ketones is 4. The minimum atomic E-state index is -0.968. The molecular weight excluding hydrogens is 1120 g/mol. The summed E-state index contributed by atoms with van der Waals surface area (Å²) in [7, 11) is 2.33. The summed E-state index contributed by atoms with van der Waals surface area (Å²) in [6, 6.07) is -2.88. The van der Waals surface area contributed by atoms with Gasteiger partial charge in [0.2, 0.25) is 0 Å². The number of hydrogen-bond donors (Lipinski definition) is 12. The Balaban J connectivity index is -0.00000152. The molecule has 0 aliphatic heterocycles. The first kappa shape index (κ1) is 81.3. The Morgan fingerprint density at radius 2 is 0.667 bits per heavy atom. The molecule has 84 heavy (non-hydrogen) atoms. The van der Waals surface area contributed by atoms with Crippen molar-refractivity contribution in [2.24, 2.45) is 28.7 Å². The number of aliphatic hydroxyl groups excluding tert-OH is 4. The first-order chi connectivity index (χ1) is 40.2. The lowest BCUT2D eigenvalue weighted by molar-refractivity contribution is -0.151. The van der Waals surface area contributed by atoms with Crippen LogP contribution in [0.25, 0.3) is 0 Å². The van der Waals surface area contributed by atoms with Gasteiger partial charge in [-0.1, -0.05) is 0 Å². The molecule has 0 radical (unpaired) electrons. The highest BCUT2D eigenvalue weighted by atomic mass is 16.6. The summed E-state index contributed by atoms with van der Waals surface area (Å²) in [5.74, 6) is -8.44. The number of nitrogens with zero attached hydrogens (tertiary/aromatic N) is 2. The Morgan fingerprint density at radius 1 is 0.381 bits per heavy atom. The highest BCUT2D eigenvalue weighted by molar-refractivity contribution is 5.97. The molecule has 0 aromatic rings. The molecule has 0 rings (SSSR count). The SMILES string of the molecule is COC(=O)/C=C\C(=O)OCCN(CCOC(=O)/C=C\C(=O)CO)CCOC(=O)/C=C\C(=O)CO.COC(=O)C(CC(=O)OCCN(CCOC(=O)CC(NCCN)C(=O)CO)CCOC(=O)CC(NCCN)C(=O)CO)NCCN.NCCN. The average molecular weight is 1210 g/mol. The Hall–Kier alpha value is -6.90. The van der Waals surface area contributed by atoms with Gasteiger partial charge in [-0.3, -0.25) is 48.2 Å². The van der Waals surface area contributed by atoms with Crippen LogP contribution in [0.5, 0.6) is 0 Å². The highest BCUT2D eigenvalue weighted by Gasteiger charge is 2.25. The van der Waals surface area contributed by atoms with Gasteiger partial charge in [-0.05, 0) is 12.2 Å². The van der Waals surface area contributed by atoms with Crippen LogP contribution in [0.1, 0.15) is 19.3 Å². The molecule has 0 aromatic carbocycles. The Labute approximate surface area is 485 Å². The van der Waals surface area contributed by atoms with E-state index < -0.39 is 115 Å². The van der Waals surface area contributed by atoms with Crippen molar-refractivity contribution in [2.75, 3.05) is 172 Å². The van der Waals surface area contributed by atoms with Gasteiger partial charge in [0.05, 0.1) is 45.6 Å². The van der Waals surface area contributed by atoms with E-state index >= 15 is 0 Å². The van der Waals surface area contributed by atoms with Crippen LogP contribution in [0.15, 0.2) is 36.5 Å². The number of hydrogen-bond acceptors (Lipinski definition) is 34. The fraction of sp³-hybridized carbons (Fsp3) is 0.640. The molecule has 34 nitrogen and oxygen atoms in total. The molecule has 0 fully saturated rings. The van der Waals surface area contributed by atoms with Crippen LogP contribution < -0.4 is 44.6 Å². The summed E-state index contributed by atoms with van der Waals surface area (Å²) in [5, 5.41) is 43.8. The fourth-order valence-corrected chi connectivity index (χ4v) is 5.79. The number of ether oxygens (including phenoxy) is 8. The molecule has 0 saturated heterocycles. The van der Waals surface area contributed by atoms with Crippen LogP contribution in [0.3, 0.4) is 0 Å². The molecule has 34 heteroatoms. The first-order valence-electron chi connectivity index (χ1n) is 26.1. The Morgan fingerprint density at radius 3 is 0.940 bits per heavy atom. The summed E-state index contributed by atoms with van der Waals surface area (Å²) < 4.78 is 39.6. The topological polar surface area (TPSA) is 532 Å². The fourth-order valence-electron chi connectivity index (χ4n) is 5.79. The third-order valence-electron chi connectivity index (χ3n) is 10.1. The lowest BCUT2D eigenvalue weighted by Crippen LogP contribution is -2.43. The Kier molecular flexibility index (Phi) is 53.5. The van der Waals surface area contributed by atoms with Crippen LogP contribution in [0, 0.1) is 0 Å². The summed E-state index contributed by atoms with van der Waals surface area (Å²) >= 11 is 0. The zero-order valence-corrected chi connectivity index (χ0v) is 47.5. The number of methoxy groups -OCH3 is 2. The van der Waals surface area contributed by atoms with Crippen molar-refractivity contribution in [3.63, 3.8) is 0 Å². The van der Waals surface area contributed by atoms with Crippen molar-refractivity contribution in [2.45, 2.75) is 37.4 Å². The Bertz CT molecular complexity index is 1830. The second-order valence-electron chi connectivity index (χ2n) is 16.5. The summed E-state index contributed by atoms with van der Waals surface area (Å²) in [4.78, 5) is 144. The zero-order chi connectivity index (χ0) is 63.9. The third-order valence-corrected chi connectivity index (χ3v) is 10.1. The van der Waals surface area contributed by atoms with Crippen LogP contribution >= 0.6 is 0 Å². The number of esters is 8. The number of nitrogens with two attached hydrogens (primary N) is 5. The standard InChI is InChI=1S/C27H51N7O12.C21H27NO12.C2H8N2/c1-43-27(42)21(33-7-4-30)16-26(41)46-13-10-34(8-11-44-24(39)14-19(22(37)17-35)31-5-2-28)9-12-45-25(40)15-20(23(38)18-36)32-6-3-29;1-31-18(27)6-7-21(30)34-13-10-22(8-11-32-19(28)4-2-16(25)14-23)9-12-33-20(29)5-3-17(26)15-24;3-1-2-4/h19-21,31-33,35-36H,2-18,28-30H2,1H3;2-7,23-24H,8-15H2,1H3;1-4H2/b;4-2-,5-3-,7-6-;. The molecule has 3 atom stereocenters. The van der Waals surface area contributed by atoms with Gasteiger partial charge in [0.1, 0.15) is 72.1 Å². The second-order valence-corrected chi connectivity index (χ2v) is 16.5. The van der Waals surface area contributed by atoms with Crippen molar-refractivity contribution in [1.29, 1.82) is 0 Å². The average Bonchev–Trinajstić information content (AvgIpc) is 3.50. The smallest absolute Gasteiger partial charge is 0.331 e. The van der Waals surface area contributed by atoms with E-state index in [2.05, 4.69) is 25.4 Å². The van der Waals surface area contributed by atoms with E-state index in [9.17, 15) is 57.5 Å². The van der Waals surface area contributed by atoms with E-state index in [0.717, 1.165) is 43.6 Å². The molecule has 0 saturated carbocycles. The van der Waals surface area contributed by atoms with Crippen molar-refractivity contribution in [3.8, 4) is 0 Å². The maximum atomic E-state index is 12.4. The first-order valence-corrected chi connectivity index (χ1v) is 26.1. The van der Waals surface area contributed by atoms with Gasteiger partial charge in [-0.15, -0.1) is 0 Å². The summed E-state index contributed by atoms with van der Waals surface area (Å²) in [6.07, 6.45) is 4.27. The van der Waals surface area contributed by atoms with Gasteiger partial charge >= 0.3 is 47.8 Å². The predicted molar refractivity (Wildman–Crippen MR) is 293 cm³/mol. The molecule has 0 heterocycles. The molecular formula is C50H86N10O24. The van der Waals surface area contributed by atoms with E-state index in [1.54, 1.807) is 9.80 Å². The van der Waals surface area contributed by atoms with Gasteiger partial charge in [-0.2, -0.15) is 0 Å². The van der Waals surface area contributed by atoms with Crippen LogP contribution in [-0.4, -0.2) is 291 Å². The second kappa shape index (κ2) is 55.3. The van der Waals surface area contributed by atoms with E-state index in [4.69, 9.17) is 77.5 Å². The van der Waals surface area contributed by atoms with Crippen molar-refractivity contribution in [1.82, 2.24) is 25.8 Å². The largest absolute Gasteiger partial charge is 0.468 e. The van der Waals surface area contributed by atoms with Crippen molar-refractivity contribution >= 4 is 70.9 Å². The van der Waals surface area contributed by atoms with Crippen LogP contribution in [-0.2, 0) is 95.4 Å². The number of rotatable bonds is 47. The zero-order valence-electron chi connectivity index (χ0n) is 47.5. The number of Topliss-reactive ketones (excluding diaryl/α,β-unsaturated/α-hetero) is 2. The lowest BCUT2D eigenvalue weighted by atomic mass is 10.1. The number of aliphatic hydroxyl groups is 4. The number of carbonyl (C=O) groups is 12. The minimum absolute atomic E-state index is 0.109. The number of carbonyl (C=O) groups excluding carboxylic acids is 12. The predicted octanol–water partition coefficient (Wildman–Crippen LogP) is -9.08. The normalized spacial score (nSPS) is 12.0. The van der Waals surface area contributed by atoms with Gasteiger partial charge in [0.25, 0.3) is 0 Å². The monoisotopic (exact) mass is 1210 g/mol. The van der Waals surface area contributed by atoms with E-state index in [1.807, 2.05) is 0 Å². The maximum absolute atomic E-state index is 12.4. The number of nitrogens with one attached hydrogen (secondary N) is 3. The molecule has 0 aliphatic carbocycles. The molecule has 3 unspecified atom stereocenters. The quantitative estimate of drug-likeness (QED) is 0.0153. The molecule has 0 aromatic heterocycles. The molecule has 0 amide bonds. The summed E-state index contributed by atoms with van der Waals surface area (Å²) in [6.45, 7) is -0.376. The lowest BCUT2D eigenvalue weighted by Gasteiger charge is -2.23. The van der Waals surface area contributed by atoms with Crippen molar-refractivity contribution in [3.05, 3.63) is 36.5 Å². The van der Waals surface area contributed by atoms with E-state index in [0.29, 0.717) is 13.1 Å².